The van der Waals surface area contributed by atoms with Gasteiger partial charge in [0.1, 0.15) is 0 Å². The zero-order valence-corrected chi connectivity index (χ0v) is 9.43. The zero-order valence-electron chi connectivity index (χ0n) is 9.43. The molecule has 0 saturated heterocycles. The molecule has 17 heavy (non-hydrogen) atoms. The molecule has 1 atom stereocenters. The molecule has 0 aromatic heterocycles. The zero-order chi connectivity index (χ0) is 11.8. The van der Waals surface area contributed by atoms with Crippen LogP contribution < -0.4 is 0 Å². The lowest BCUT2D eigenvalue weighted by Crippen LogP contribution is -2.39. The second-order valence-electron chi connectivity index (χ2n) is 4.45. The van der Waals surface area contributed by atoms with E-state index in [0.29, 0.717) is 11.1 Å². The maximum atomic E-state index is 12.2. The summed E-state index contributed by atoms with van der Waals surface area (Å²) in [6, 6.07) is 6.98. The number of carbonyl (C=O) groups is 2. The molecule has 0 N–H and O–H groups in total. The number of rotatable bonds is 1. The van der Waals surface area contributed by atoms with Crippen LogP contribution in [0.1, 0.15) is 40.0 Å². The summed E-state index contributed by atoms with van der Waals surface area (Å²) in [5, 5.41) is 0. The van der Waals surface area contributed by atoms with Gasteiger partial charge in [-0.25, -0.2) is 0 Å². The predicted octanol–water partition coefficient (Wildman–Crippen LogP) is 2.39. The minimum atomic E-state index is -0.151. The van der Waals surface area contributed by atoms with Crippen LogP contribution in [0, 0.1) is 0 Å². The van der Waals surface area contributed by atoms with E-state index >= 15 is 0 Å². The average molecular weight is 227 g/mol. The molecule has 0 bridgehead atoms. The van der Waals surface area contributed by atoms with Gasteiger partial charge in [0.25, 0.3) is 11.8 Å². The third kappa shape index (κ3) is 1.50. The van der Waals surface area contributed by atoms with Gasteiger partial charge in [-0.1, -0.05) is 24.3 Å². The number of allylic oxidation sites excluding steroid dienone is 1. The summed E-state index contributed by atoms with van der Waals surface area (Å²) in [5.41, 5.74) is 1.08. The molecular weight excluding hydrogens is 214 g/mol. The number of hydrogen-bond acceptors (Lipinski definition) is 2. The van der Waals surface area contributed by atoms with E-state index in [2.05, 4.69) is 6.08 Å². The van der Waals surface area contributed by atoms with Gasteiger partial charge in [0.2, 0.25) is 0 Å². The predicted molar refractivity (Wildman–Crippen MR) is 63.7 cm³/mol. The van der Waals surface area contributed by atoms with Gasteiger partial charge in [0.15, 0.2) is 0 Å². The van der Waals surface area contributed by atoms with Crippen molar-refractivity contribution in [2.24, 2.45) is 0 Å². The van der Waals surface area contributed by atoms with Crippen molar-refractivity contribution < 1.29 is 9.59 Å². The maximum absolute atomic E-state index is 12.2. The topological polar surface area (TPSA) is 37.4 Å². The van der Waals surface area contributed by atoms with Gasteiger partial charge in [-0.2, -0.15) is 0 Å². The van der Waals surface area contributed by atoms with Gasteiger partial charge >= 0.3 is 0 Å². The highest BCUT2D eigenvalue weighted by molar-refractivity contribution is 6.21. The third-order valence-electron chi connectivity index (χ3n) is 3.39. The minimum Gasteiger partial charge on any atom is -0.269 e. The van der Waals surface area contributed by atoms with E-state index in [1.54, 1.807) is 24.3 Å². The lowest BCUT2D eigenvalue weighted by molar-refractivity contribution is 0.0605. The summed E-state index contributed by atoms with van der Waals surface area (Å²) < 4.78 is 0. The summed E-state index contributed by atoms with van der Waals surface area (Å²) in [4.78, 5) is 25.8. The first kappa shape index (κ1) is 10.3. The van der Waals surface area contributed by atoms with Crippen LogP contribution in [0.25, 0.3) is 0 Å². The van der Waals surface area contributed by atoms with Crippen molar-refractivity contribution in [3.8, 4) is 0 Å². The molecule has 1 aliphatic heterocycles. The van der Waals surface area contributed by atoms with Gasteiger partial charge in [0.05, 0.1) is 17.2 Å². The van der Waals surface area contributed by atoms with Crippen LogP contribution in [0.5, 0.6) is 0 Å². The molecule has 0 radical (unpaired) electrons. The Hall–Kier alpha value is -1.90. The highest BCUT2D eigenvalue weighted by Gasteiger charge is 2.38. The number of nitrogens with zero attached hydrogens (tertiary/aromatic N) is 1. The fraction of sp³-hybridized carbons (Fsp3) is 0.286. The Morgan fingerprint density at radius 1 is 1.06 bits per heavy atom. The summed E-state index contributed by atoms with van der Waals surface area (Å²) >= 11 is 0. The van der Waals surface area contributed by atoms with Crippen molar-refractivity contribution in [2.75, 3.05) is 0 Å². The lowest BCUT2D eigenvalue weighted by Gasteiger charge is -2.25. The van der Waals surface area contributed by atoms with Crippen molar-refractivity contribution >= 4 is 11.8 Å². The van der Waals surface area contributed by atoms with Gasteiger partial charge < -0.3 is 0 Å². The van der Waals surface area contributed by atoms with Crippen LogP contribution in [-0.4, -0.2) is 22.8 Å². The largest absolute Gasteiger partial charge is 0.269 e. The highest BCUT2D eigenvalue weighted by atomic mass is 16.2. The summed E-state index contributed by atoms with van der Waals surface area (Å²) in [6.07, 6.45) is 6.99. The van der Waals surface area contributed by atoms with Crippen LogP contribution >= 0.6 is 0 Å². The van der Waals surface area contributed by atoms with E-state index in [9.17, 15) is 9.59 Å². The third-order valence-corrected chi connectivity index (χ3v) is 3.39. The highest BCUT2D eigenvalue weighted by Crippen LogP contribution is 2.28. The molecule has 0 fully saturated rings. The number of carbonyl (C=O) groups excluding carboxylic acids is 2. The molecule has 2 aliphatic rings. The SMILES string of the molecule is O=C1c2ccccc2C(=O)N1C1C=CCCC1. The fourth-order valence-electron chi connectivity index (χ4n) is 2.52. The summed E-state index contributed by atoms with van der Waals surface area (Å²) in [5.74, 6) is -0.302. The van der Waals surface area contributed by atoms with Crippen LogP contribution in [0.15, 0.2) is 36.4 Å². The molecular formula is C14H13NO2. The normalized spacial score (nSPS) is 23.1. The van der Waals surface area contributed by atoms with Crippen molar-refractivity contribution in [3.05, 3.63) is 47.5 Å². The van der Waals surface area contributed by atoms with Crippen LogP contribution in [-0.2, 0) is 0 Å². The second-order valence-corrected chi connectivity index (χ2v) is 4.45. The van der Waals surface area contributed by atoms with Gasteiger partial charge in [-0.05, 0) is 31.4 Å². The number of fused-ring (bicyclic) bond motifs is 1. The van der Waals surface area contributed by atoms with E-state index < -0.39 is 0 Å². The van der Waals surface area contributed by atoms with E-state index in [-0.39, 0.29) is 17.9 Å². The Bertz CT molecular complexity index is 484. The van der Waals surface area contributed by atoms with E-state index in [0.717, 1.165) is 19.3 Å². The summed E-state index contributed by atoms with van der Waals surface area (Å²) in [7, 11) is 0. The molecule has 3 nitrogen and oxygen atoms in total. The smallest absolute Gasteiger partial charge is 0.262 e. The molecule has 1 heterocycles. The Morgan fingerprint density at radius 3 is 2.24 bits per heavy atom. The average Bonchev–Trinajstić information content (AvgIpc) is 2.64. The van der Waals surface area contributed by atoms with Crippen molar-refractivity contribution in [2.45, 2.75) is 25.3 Å². The van der Waals surface area contributed by atoms with Gasteiger partial charge in [-0.15, -0.1) is 0 Å². The lowest BCUT2D eigenvalue weighted by atomic mass is 10.0. The van der Waals surface area contributed by atoms with E-state index in [1.807, 2.05) is 6.08 Å². The van der Waals surface area contributed by atoms with Crippen LogP contribution in [0.2, 0.25) is 0 Å². The molecule has 86 valence electrons. The van der Waals surface area contributed by atoms with Crippen molar-refractivity contribution in [1.29, 1.82) is 0 Å². The Kier molecular flexibility index (Phi) is 2.32. The number of amides is 2. The van der Waals surface area contributed by atoms with Crippen molar-refractivity contribution in [3.63, 3.8) is 0 Å². The van der Waals surface area contributed by atoms with Crippen LogP contribution in [0.4, 0.5) is 0 Å². The molecule has 1 aromatic carbocycles. The van der Waals surface area contributed by atoms with Crippen LogP contribution in [0.3, 0.4) is 0 Å². The number of benzene rings is 1. The Balaban J connectivity index is 2.00. The number of imide groups is 1. The second kappa shape index (κ2) is 3.84. The Labute approximate surface area is 99.7 Å². The molecule has 3 rings (SSSR count). The molecule has 1 aliphatic carbocycles. The Morgan fingerprint density at radius 2 is 1.71 bits per heavy atom. The van der Waals surface area contributed by atoms with Gasteiger partial charge in [-0.3, -0.25) is 14.5 Å². The van der Waals surface area contributed by atoms with Crippen molar-refractivity contribution in [1.82, 2.24) is 4.90 Å². The van der Waals surface area contributed by atoms with E-state index in [1.165, 1.54) is 4.90 Å². The molecule has 1 aromatic rings. The quantitative estimate of drug-likeness (QED) is 0.545. The molecule has 0 saturated carbocycles. The summed E-state index contributed by atoms with van der Waals surface area (Å²) in [6.45, 7) is 0. The first-order valence-electron chi connectivity index (χ1n) is 5.92. The standard InChI is InChI=1S/C14H13NO2/c16-13-11-8-4-5-9-12(11)14(17)15(13)10-6-2-1-3-7-10/h2,4-6,8-10H,1,3,7H2. The first-order valence-corrected chi connectivity index (χ1v) is 5.92. The maximum Gasteiger partial charge on any atom is 0.262 e. The molecule has 0 spiro atoms. The van der Waals surface area contributed by atoms with Gasteiger partial charge in [0, 0.05) is 0 Å². The fourth-order valence-corrected chi connectivity index (χ4v) is 2.52. The molecule has 2 amide bonds. The minimum absolute atomic E-state index is 0.0591. The van der Waals surface area contributed by atoms with E-state index in [4.69, 9.17) is 0 Å². The molecule has 1 unspecified atom stereocenters. The molecule has 3 heteroatoms. The number of hydrogen-bond donors (Lipinski definition) is 0. The first-order chi connectivity index (χ1) is 8.29. The monoisotopic (exact) mass is 227 g/mol.